The highest BCUT2D eigenvalue weighted by Gasteiger charge is 2.56. The Morgan fingerprint density at radius 2 is 2.00 bits per heavy atom. The largest absolute Gasteiger partial charge is 0.382 e. The fraction of sp³-hybridized carbons (Fsp3) is 0.706. The summed E-state index contributed by atoms with van der Waals surface area (Å²) < 4.78 is 31.4. The van der Waals surface area contributed by atoms with Gasteiger partial charge in [-0.3, -0.25) is 4.57 Å². The summed E-state index contributed by atoms with van der Waals surface area (Å²) in [6, 6.07) is 0. The molecular weight excluding hydrogens is 390 g/mol. The number of aromatic nitrogens is 4. The number of nitrogens with zero attached hydrogens (tertiary/aromatic N) is 4. The van der Waals surface area contributed by atoms with Crippen molar-refractivity contribution >= 4 is 28.6 Å². The molecule has 2 saturated heterocycles. The third-order valence-electron chi connectivity index (χ3n) is 4.91. The fourth-order valence-electron chi connectivity index (χ4n) is 3.46. The van der Waals surface area contributed by atoms with Gasteiger partial charge in [-0.1, -0.05) is 0 Å². The summed E-state index contributed by atoms with van der Waals surface area (Å²) in [5.74, 6) is -1.30. The molecule has 154 valence electrons. The van der Waals surface area contributed by atoms with Gasteiger partial charge in [0.2, 0.25) is 5.28 Å². The van der Waals surface area contributed by atoms with Crippen LogP contribution in [0.5, 0.6) is 0 Å². The summed E-state index contributed by atoms with van der Waals surface area (Å²) in [5.41, 5.74) is 6.83. The number of fused-ring (bicyclic) bond motifs is 2. The molecule has 2 fully saturated rings. The number of hydrogen-bond donors (Lipinski definition) is 1. The average molecular weight is 414 g/mol. The molecule has 4 rings (SSSR count). The van der Waals surface area contributed by atoms with Crippen LogP contribution in [0, 0.1) is 0 Å². The lowest BCUT2D eigenvalue weighted by molar-refractivity contribution is -0.235. The molecule has 0 aliphatic carbocycles. The van der Waals surface area contributed by atoms with E-state index >= 15 is 0 Å². The summed E-state index contributed by atoms with van der Waals surface area (Å²) in [4.78, 5) is 12.5. The summed E-state index contributed by atoms with van der Waals surface area (Å²) >= 11 is 5.99. The molecular formula is C17H24ClN5O5. The topological polar surface area (TPSA) is 116 Å². The van der Waals surface area contributed by atoms with Crippen molar-refractivity contribution in [2.45, 2.75) is 63.8 Å². The second-order valence-electron chi connectivity index (χ2n) is 7.75. The van der Waals surface area contributed by atoms with E-state index in [0.29, 0.717) is 11.2 Å². The van der Waals surface area contributed by atoms with Crippen molar-refractivity contribution in [3.05, 3.63) is 11.6 Å². The van der Waals surface area contributed by atoms with Crippen LogP contribution in [0.2, 0.25) is 5.28 Å². The minimum absolute atomic E-state index is 0.0342. The quantitative estimate of drug-likeness (QED) is 0.579. The van der Waals surface area contributed by atoms with E-state index in [0.717, 1.165) is 0 Å². The van der Waals surface area contributed by atoms with E-state index in [1.165, 1.54) is 0 Å². The van der Waals surface area contributed by atoms with Gasteiger partial charge in [-0.15, -0.1) is 0 Å². The van der Waals surface area contributed by atoms with Gasteiger partial charge in [-0.2, -0.15) is 9.97 Å². The van der Waals surface area contributed by atoms with Crippen LogP contribution >= 0.6 is 11.6 Å². The van der Waals surface area contributed by atoms with Crippen molar-refractivity contribution in [1.82, 2.24) is 19.5 Å². The number of anilines is 1. The molecule has 11 heteroatoms. The molecule has 0 spiro atoms. The molecule has 0 amide bonds. The molecule has 2 aliphatic heterocycles. The number of rotatable bonds is 5. The van der Waals surface area contributed by atoms with E-state index in [2.05, 4.69) is 15.0 Å². The third-order valence-corrected chi connectivity index (χ3v) is 5.08. The van der Waals surface area contributed by atoms with Crippen LogP contribution in [0.4, 0.5) is 5.82 Å². The van der Waals surface area contributed by atoms with Crippen LogP contribution in [-0.2, 0) is 23.7 Å². The highest BCUT2D eigenvalue weighted by atomic mass is 35.5. The maximum atomic E-state index is 6.24. The number of nitrogen functional groups attached to an aromatic ring is 1. The zero-order valence-corrected chi connectivity index (χ0v) is 17.1. The number of halogens is 1. The van der Waals surface area contributed by atoms with Crippen LogP contribution in [0.3, 0.4) is 0 Å². The Bertz CT molecular complexity index is 888. The van der Waals surface area contributed by atoms with E-state index in [4.69, 9.17) is 41.0 Å². The van der Waals surface area contributed by atoms with Crippen LogP contribution in [0.15, 0.2) is 6.33 Å². The highest BCUT2D eigenvalue weighted by molar-refractivity contribution is 6.28. The highest BCUT2D eigenvalue weighted by Crippen LogP contribution is 2.44. The van der Waals surface area contributed by atoms with Crippen molar-refractivity contribution in [1.29, 1.82) is 0 Å². The van der Waals surface area contributed by atoms with Crippen molar-refractivity contribution in [3.8, 4) is 0 Å². The Morgan fingerprint density at radius 3 is 2.71 bits per heavy atom. The summed E-state index contributed by atoms with van der Waals surface area (Å²) in [6.45, 7) is 7.66. The minimum Gasteiger partial charge on any atom is -0.382 e. The molecule has 10 nitrogen and oxygen atoms in total. The summed E-state index contributed by atoms with van der Waals surface area (Å²) in [6.07, 6.45) is -0.0498. The monoisotopic (exact) mass is 413 g/mol. The summed E-state index contributed by atoms with van der Waals surface area (Å²) in [5, 5.41) is 0.0342. The van der Waals surface area contributed by atoms with Gasteiger partial charge in [0.1, 0.15) is 23.8 Å². The Morgan fingerprint density at radius 1 is 1.29 bits per heavy atom. The standard InChI is InChI=1S/C17H24ClN5O5/c1-16(2,24-5)25-6-8-10-11(28-17(3,4)27-10)14(26-8)23-7-20-9-12(19)21-15(18)22-13(9)23/h7-8,10-11,14H,6H2,1-5H3,(H2,19,21,22)/t8-,10-,11-,14-/m1/s1. The fourth-order valence-corrected chi connectivity index (χ4v) is 3.63. The van der Waals surface area contributed by atoms with Crippen LogP contribution in [0.1, 0.15) is 33.9 Å². The van der Waals surface area contributed by atoms with Gasteiger partial charge in [0, 0.05) is 7.11 Å². The smallest absolute Gasteiger partial charge is 0.226 e. The SMILES string of the molecule is COC(C)(C)OC[C@H]1O[C@@H](n2cnc3c(N)nc(Cl)nc32)[C@@H]2OC(C)(C)O[C@@H]21. The van der Waals surface area contributed by atoms with Crippen LogP contribution < -0.4 is 5.73 Å². The lowest BCUT2D eigenvalue weighted by atomic mass is 10.1. The Labute approximate surface area is 167 Å². The van der Waals surface area contributed by atoms with E-state index in [1.54, 1.807) is 18.0 Å². The van der Waals surface area contributed by atoms with Crippen molar-refractivity contribution in [2.24, 2.45) is 0 Å². The number of ether oxygens (including phenoxy) is 5. The van der Waals surface area contributed by atoms with Crippen molar-refractivity contribution < 1.29 is 23.7 Å². The van der Waals surface area contributed by atoms with Gasteiger partial charge >= 0.3 is 0 Å². The normalized spacial score (nSPS) is 29.5. The lowest BCUT2D eigenvalue weighted by Crippen LogP contribution is -2.37. The van der Waals surface area contributed by atoms with Gasteiger partial charge in [0.05, 0.1) is 12.9 Å². The first-order chi connectivity index (χ1) is 13.1. The summed E-state index contributed by atoms with van der Waals surface area (Å²) in [7, 11) is 1.59. The average Bonchev–Trinajstić information content (AvgIpc) is 3.24. The van der Waals surface area contributed by atoms with Crippen molar-refractivity contribution in [3.63, 3.8) is 0 Å². The third kappa shape index (κ3) is 3.44. The second kappa shape index (κ2) is 6.75. The van der Waals surface area contributed by atoms with Gasteiger partial charge in [-0.25, -0.2) is 4.98 Å². The number of methoxy groups -OCH3 is 1. The predicted octanol–water partition coefficient (Wildman–Crippen LogP) is 1.88. The van der Waals surface area contributed by atoms with E-state index in [-0.39, 0.29) is 36.0 Å². The van der Waals surface area contributed by atoms with Gasteiger partial charge in [0.25, 0.3) is 0 Å². The molecule has 0 bridgehead atoms. The van der Waals surface area contributed by atoms with Crippen LogP contribution in [0.25, 0.3) is 11.2 Å². The number of imidazole rings is 1. The molecule has 0 aromatic carbocycles. The maximum absolute atomic E-state index is 6.24. The lowest BCUT2D eigenvalue weighted by Gasteiger charge is -2.28. The zero-order chi connectivity index (χ0) is 20.3. The molecule has 0 radical (unpaired) electrons. The van der Waals surface area contributed by atoms with E-state index in [1.807, 2.05) is 27.7 Å². The molecule has 28 heavy (non-hydrogen) atoms. The molecule has 2 aromatic rings. The molecule has 2 N–H and O–H groups in total. The van der Waals surface area contributed by atoms with Gasteiger partial charge < -0.3 is 29.4 Å². The van der Waals surface area contributed by atoms with Crippen molar-refractivity contribution in [2.75, 3.05) is 19.5 Å². The van der Waals surface area contributed by atoms with Crippen LogP contribution in [-0.4, -0.2) is 63.1 Å². The minimum atomic E-state index is -0.756. The van der Waals surface area contributed by atoms with E-state index < -0.39 is 17.8 Å². The first-order valence-corrected chi connectivity index (χ1v) is 9.34. The second-order valence-corrected chi connectivity index (χ2v) is 8.08. The maximum Gasteiger partial charge on any atom is 0.226 e. The Balaban J connectivity index is 1.66. The van der Waals surface area contributed by atoms with Gasteiger partial charge in [-0.05, 0) is 39.3 Å². The Kier molecular flexibility index (Phi) is 4.76. The molecule has 0 unspecified atom stereocenters. The first kappa shape index (κ1) is 19.7. The molecule has 4 atom stereocenters. The zero-order valence-electron chi connectivity index (χ0n) is 16.4. The first-order valence-electron chi connectivity index (χ1n) is 8.96. The number of nitrogens with two attached hydrogens (primary N) is 1. The predicted molar refractivity (Wildman–Crippen MR) is 99.5 cm³/mol. The Hall–Kier alpha value is -1.56. The molecule has 0 saturated carbocycles. The molecule has 2 aliphatic rings. The molecule has 2 aromatic heterocycles. The van der Waals surface area contributed by atoms with E-state index in [9.17, 15) is 0 Å². The number of hydrogen-bond acceptors (Lipinski definition) is 9. The molecule has 4 heterocycles. The van der Waals surface area contributed by atoms with Gasteiger partial charge in [0.15, 0.2) is 29.3 Å².